The summed E-state index contributed by atoms with van der Waals surface area (Å²) < 4.78 is 5.38. The zero-order valence-electron chi connectivity index (χ0n) is 14.6. The topological polar surface area (TPSA) is 66.8 Å². The zero-order chi connectivity index (χ0) is 17.7. The summed E-state index contributed by atoms with van der Waals surface area (Å²) in [5.74, 6) is -0.685. The van der Waals surface area contributed by atoms with E-state index in [0.717, 1.165) is 36.8 Å². The van der Waals surface area contributed by atoms with Gasteiger partial charge in [-0.1, -0.05) is 30.4 Å². The number of carbonyl (C=O) groups is 1. The molecule has 0 aromatic carbocycles. The van der Waals surface area contributed by atoms with E-state index in [2.05, 4.69) is 19.6 Å². The van der Waals surface area contributed by atoms with E-state index < -0.39 is 18.2 Å². The molecule has 0 unspecified atom stereocenters. The van der Waals surface area contributed by atoms with Crippen LogP contribution in [-0.4, -0.2) is 35.0 Å². The van der Waals surface area contributed by atoms with Crippen LogP contribution in [0, 0.1) is 5.92 Å². The number of allylic oxidation sites excluding steroid dienone is 4. The summed E-state index contributed by atoms with van der Waals surface area (Å²) in [5, 5.41) is 20.2. The monoisotopic (exact) mass is 332 g/mol. The summed E-state index contributed by atoms with van der Waals surface area (Å²) in [6, 6.07) is 0. The average molecular weight is 332 g/mol. The first kappa shape index (κ1) is 18.7. The highest BCUT2D eigenvalue weighted by atomic mass is 16.6. The average Bonchev–Trinajstić information content (AvgIpc) is 2.84. The van der Waals surface area contributed by atoms with Gasteiger partial charge in [-0.05, 0) is 57.1 Å². The fourth-order valence-corrected chi connectivity index (χ4v) is 3.24. The molecular weight excluding hydrogens is 304 g/mol. The van der Waals surface area contributed by atoms with Crippen molar-refractivity contribution in [1.29, 1.82) is 0 Å². The van der Waals surface area contributed by atoms with E-state index in [9.17, 15) is 15.0 Å². The van der Waals surface area contributed by atoms with Crippen LogP contribution < -0.4 is 0 Å². The normalized spacial score (nSPS) is 34.2. The molecule has 4 nitrogen and oxygen atoms in total. The number of hydrogen-bond donors (Lipinski definition) is 2. The standard InChI is InChI=1S/C20H28O4/c1-13-6-4-8-14(2)18(22)19-17(15(3)20(23)24-19)11-10-16(12-21)9-5-7-13/h7-8,10,17-19,21-22H,3-6,9,11-12H2,1-2H3/b13-7+,14-8+,16-10?/t17-,18-,19-/m1/s1. The predicted molar refractivity (Wildman–Crippen MR) is 94.3 cm³/mol. The lowest BCUT2D eigenvalue weighted by atomic mass is 9.87. The minimum atomic E-state index is -0.823. The molecule has 2 rings (SSSR count). The second-order valence-electron chi connectivity index (χ2n) is 6.78. The van der Waals surface area contributed by atoms with Crippen LogP contribution in [0.25, 0.3) is 0 Å². The van der Waals surface area contributed by atoms with Gasteiger partial charge in [0.2, 0.25) is 0 Å². The third-order valence-electron chi connectivity index (χ3n) is 4.95. The van der Waals surface area contributed by atoms with Gasteiger partial charge in [-0.3, -0.25) is 0 Å². The van der Waals surface area contributed by atoms with E-state index in [1.54, 1.807) is 0 Å². The lowest BCUT2D eigenvalue weighted by Gasteiger charge is -2.23. The zero-order valence-corrected chi connectivity index (χ0v) is 14.6. The molecule has 3 atom stereocenters. The maximum Gasteiger partial charge on any atom is 0.334 e. The molecule has 1 fully saturated rings. The summed E-state index contributed by atoms with van der Waals surface area (Å²) in [5.41, 5.74) is 3.48. The van der Waals surface area contributed by atoms with Gasteiger partial charge in [0, 0.05) is 11.5 Å². The van der Waals surface area contributed by atoms with Gasteiger partial charge in [0.05, 0.1) is 6.61 Å². The largest absolute Gasteiger partial charge is 0.455 e. The van der Waals surface area contributed by atoms with Gasteiger partial charge in [-0.25, -0.2) is 4.79 Å². The van der Waals surface area contributed by atoms with Crippen LogP contribution in [0.4, 0.5) is 0 Å². The van der Waals surface area contributed by atoms with Gasteiger partial charge in [-0.15, -0.1) is 0 Å². The first-order valence-electron chi connectivity index (χ1n) is 8.63. The van der Waals surface area contributed by atoms with E-state index in [-0.39, 0.29) is 12.5 Å². The Labute approximate surface area is 144 Å². The SMILES string of the molecule is C=C1C(=O)O[C@@H]2[C@@H]1CC=C(CO)CC/C=C(\C)CC/C=C(\C)[C@H]2O. The van der Waals surface area contributed by atoms with Crippen LogP contribution in [0.3, 0.4) is 0 Å². The van der Waals surface area contributed by atoms with Crippen molar-refractivity contribution in [3.05, 3.63) is 47.1 Å². The van der Waals surface area contributed by atoms with E-state index in [4.69, 9.17) is 4.74 Å². The van der Waals surface area contributed by atoms with Crippen molar-refractivity contribution in [2.45, 2.75) is 58.2 Å². The fraction of sp³-hybridized carbons (Fsp3) is 0.550. The van der Waals surface area contributed by atoms with E-state index in [1.165, 1.54) is 5.57 Å². The molecule has 0 amide bonds. The molecule has 132 valence electrons. The Bertz CT molecular complexity index is 582. The second kappa shape index (κ2) is 8.45. The lowest BCUT2D eigenvalue weighted by molar-refractivity contribution is -0.142. The number of aliphatic hydroxyl groups is 2. The van der Waals surface area contributed by atoms with Gasteiger partial charge >= 0.3 is 5.97 Å². The van der Waals surface area contributed by atoms with E-state index in [0.29, 0.717) is 12.0 Å². The number of ether oxygens (including phenoxy) is 1. The van der Waals surface area contributed by atoms with Crippen molar-refractivity contribution in [1.82, 2.24) is 0 Å². The molecule has 0 spiro atoms. The van der Waals surface area contributed by atoms with E-state index in [1.807, 2.05) is 19.1 Å². The molecule has 2 aliphatic rings. The highest BCUT2D eigenvalue weighted by Crippen LogP contribution is 2.34. The van der Waals surface area contributed by atoms with Gasteiger partial charge in [0.25, 0.3) is 0 Å². The number of rotatable bonds is 1. The minimum absolute atomic E-state index is 0.00698. The van der Waals surface area contributed by atoms with Crippen molar-refractivity contribution in [2.75, 3.05) is 6.61 Å². The Kier molecular flexibility index (Phi) is 6.58. The second-order valence-corrected chi connectivity index (χ2v) is 6.78. The quantitative estimate of drug-likeness (QED) is 0.439. The van der Waals surface area contributed by atoms with Crippen molar-refractivity contribution >= 4 is 5.97 Å². The number of aliphatic hydroxyl groups excluding tert-OH is 2. The predicted octanol–water partition coefficient (Wildman–Crippen LogP) is 3.22. The van der Waals surface area contributed by atoms with Crippen LogP contribution >= 0.6 is 0 Å². The number of esters is 1. The first-order chi connectivity index (χ1) is 11.4. The Balaban J connectivity index is 2.30. The summed E-state index contributed by atoms with van der Waals surface area (Å²) in [7, 11) is 0. The van der Waals surface area contributed by atoms with Gasteiger partial charge in [0.15, 0.2) is 0 Å². The Morgan fingerprint density at radius 2 is 1.92 bits per heavy atom. The summed E-state index contributed by atoms with van der Waals surface area (Å²) in [6.07, 6.45) is 8.78. The molecule has 1 aliphatic carbocycles. The maximum atomic E-state index is 11.9. The van der Waals surface area contributed by atoms with Gasteiger partial charge in [0.1, 0.15) is 12.2 Å². The summed E-state index contributed by atoms with van der Waals surface area (Å²) in [4.78, 5) is 11.9. The molecule has 24 heavy (non-hydrogen) atoms. The van der Waals surface area contributed by atoms with Crippen LogP contribution in [0.2, 0.25) is 0 Å². The number of hydrogen-bond acceptors (Lipinski definition) is 4. The molecule has 0 aromatic rings. The minimum Gasteiger partial charge on any atom is -0.455 e. The Hall–Kier alpha value is -1.65. The van der Waals surface area contributed by atoms with Crippen molar-refractivity contribution in [3.8, 4) is 0 Å². The number of carbonyl (C=O) groups excluding carboxylic acids is 1. The van der Waals surface area contributed by atoms with Gasteiger partial charge < -0.3 is 14.9 Å². The molecule has 1 aliphatic heterocycles. The van der Waals surface area contributed by atoms with Crippen molar-refractivity contribution in [2.24, 2.45) is 5.92 Å². The molecule has 1 saturated heterocycles. The van der Waals surface area contributed by atoms with Crippen LogP contribution in [0.5, 0.6) is 0 Å². The van der Waals surface area contributed by atoms with Gasteiger partial charge in [-0.2, -0.15) is 0 Å². The maximum absolute atomic E-state index is 11.9. The van der Waals surface area contributed by atoms with Crippen molar-refractivity contribution in [3.63, 3.8) is 0 Å². The lowest BCUT2D eigenvalue weighted by Crippen LogP contribution is -2.32. The molecule has 0 bridgehead atoms. The molecular formula is C20H28O4. The van der Waals surface area contributed by atoms with Crippen LogP contribution in [-0.2, 0) is 9.53 Å². The highest BCUT2D eigenvalue weighted by Gasteiger charge is 2.42. The molecule has 0 aromatic heterocycles. The third kappa shape index (κ3) is 4.46. The van der Waals surface area contributed by atoms with Crippen LogP contribution in [0.1, 0.15) is 46.0 Å². The van der Waals surface area contributed by atoms with Crippen molar-refractivity contribution < 1.29 is 19.7 Å². The molecule has 2 N–H and O–H groups in total. The molecule has 0 radical (unpaired) electrons. The smallest absolute Gasteiger partial charge is 0.334 e. The highest BCUT2D eigenvalue weighted by molar-refractivity contribution is 5.91. The summed E-state index contributed by atoms with van der Waals surface area (Å²) >= 11 is 0. The Morgan fingerprint density at radius 1 is 1.21 bits per heavy atom. The Morgan fingerprint density at radius 3 is 2.62 bits per heavy atom. The molecule has 4 heteroatoms. The fourth-order valence-electron chi connectivity index (χ4n) is 3.24. The van der Waals surface area contributed by atoms with Crippen LogP contribution in [0.15, 0.2) is 47.1 Å². The van der Waals surface area contributed by atoms with E-state index >= 15 is 0 Å². The third-order valence-corrected chi connectivity index (χ3v) is 4.95. The first-order valence-corrected chi connectivity index (χ1v) is 8.63. The molecule has 1 heterocycles. The summed E-state index contributed by atoms with van der Waals surface area (Å²) in [6.45, 7) is 7.82. The molecule has 0 saturated carbocycles. The number of fused-ring (bicyclic) bond motifs is 1.